The van der Waals surface area contributed by atoms with E-state index in [1.165, 1.54) is 122 Å². The molecule has 0 fully saturated rings. The Kier molecular flexibility index (Phi) is 49.9. The van der Waals surface area contributed by atoms with Gasteiger partial charge in [0, 0.05) is 19.3 Å². The van der Waals surface area contributed by atoms with E-state index in [-0.39, 0.29) is 37.5 Å². The first-order valence-electron chi connectivity index (χ1n) is 26.9. The quantitative estimate of drug-likeness (QED) is 0.0262. The highest BCUT2D eigenvalue weighted by Crippen LogP contribution is 2.14. The van der Waals surface area contributed by atoms with Gasteiger partial charge in [-0.25, -0.2) is 0 Å². The topological polar surface area (TPSA) is 78.9 Å². The van der Waals surface area contributed by atoms with Crippen LogP contribution in [0.1, 0.15) is 258 Å². The Bertz CT molecular complexity index is 1210. The second-order valence-corrected chi connectivity index (χ2v) is 17.7. The van der Waals surface area contributed by atoms with Gasteiger partial charge in [0.1, 0.15) is 13.2 Å². The second-order valence-electron chi connectivity index (χ2n) is 17.7. The average Bonchev–Trinajstić information content (AvgIpc) is 3.29. The number of hydrogen-bond donors (Lipinski definition) is 0. The molecule has 0 amide bonds. The maximum Gasteiger partial charge on any atom is 0.306 e. The van der Waals surface area contributed by atoms with Crippen LogP contribution in [0.15, 0.2) is 72.9 Å². The number of carbonyl (C=O) groups excluding carboxylic acids is 3. The van der Waals surface area contributed by atoms with Gasteiger partial charge in [0.15, 0.2) is 6.10 Å². The third-order valence-electron chi connectivity index (χ3n) is 11.4. The minimum atomic E-state index is -0.803. The lowest BCUT2D eigenvalue weighted by Crippen LogP contribution is -2.30. The summed E-state index contributed by atoms with van der Waals surface area (Å²) in [7, 11) is 0. The van der Waals surface area contributed by atoms with E-state index in [9.17, 15) is 14.4 Å². The molecule has 0 spiro atoms. The van der Waals surface area contributed by atoms with Crippen LogP contribution in [0.2, 0.25) is 0 Å². The SMILES string of the molecule is CC/C=C\C/C=C\CCCCCCCC(=O)OCC(COC(=O)CCC/C=C\C/C=C\C/C=C\CCCCCCCC)OC(=O)CCCCCCCCC/C=C\CCCCCCCC. The van der Waals surface area contributed by atoms with Crippen molar-refractivity contribution in [1.82, 2.24) is 0 Å². The van der Waals surface area contributed by atoms with Gasteiger partial charge in [-0.05, 0) is 103 Å². The van der Waals surface area contributed by atoms with Gasteiger partial charge < -0.3 is 14.2 Å². The van der Waals surface area contributed by atoms with Crippen molar-refractivity contribution in [2.75, 3.05) is 13.2 Å². The summed E-state index contributed by atoms with van der Waals surface area (Å²) in [6, 6.07) is 0. The summed E-state index contributed by atoms with van der Waals surface area (Å²) in [6.07, 6.45) is 66.1. The van der Waals surface area contributed by atoms with Crippen molar-refractivity contribution in [3.05, 3.63) is 72.9 Å². The highest BCUT2D eigenvalue weighted by Gasteiger charge is 2.19. The highest BCUT2D eigenvalue weighted by molar-refractivity contribution is 5.71. The Morgan fingerprint density at radius 3 is 1.03 bits per heavy atom. The van der Waals surface area contributed by atoms with Crippen molar-refractivity contribution in [3.63, 3.8) is 0 Å². The zero-order valence-corrected chi connectivity index (χ0v) is 42.0. The van der Waals surface area contributed by atoms with E-state index in [0.29, 0.717) is 19.3 Å². The molecule has 0 rings (SSSR count). The second kappa shape index (κ2) is 52.5. The van der Waals surface area contributed by atoms with Crippen LogP contribution < -0.4 is 0 Å². The van der Waals surface area contributed by atoms with Crippen LogP contribution in [0, 0.1) is 0 Å². The molecule has 0 bridgehead atoms. The summed E-state index contributed by atoms with van der Waals surface area (Å²) in [5, 5.41) is 0. The summed E-state index contributed by atoms with van der Waals surface area (Å²) in [6.45, 7) is 6.46. The van der Waals surface area contributed by atoms with Crippen molar-refractivity contribution >= 4 is 17.9 Å². The average molecular weight is 893 g/mol. The van der Waals surface area contributed by atoms with E-state index in [0.717, 1.165) is 89.9 Å². The van der Waals surface area contributed by atoms with E-state index >= 15 is 0 Å². The Hall–Kier alpha value is -3.15. The molecule has 0 aliphatic rings. The molecule has 0 radical (unpaired) electrons. The van der Waals surface area contributed by atoms with Crippen LogP contribution in [0.5, 0.6) is 0 Å². The number of carbonyl (C=O) groups is 3. The molecule has 6 nitrogen and oxygen atoms in total. The molecule has 6 heteroatoms. The molecule has 0 aliphatic heterocycles. The van der Waals surface area contributed by atoms with E-state index in [1.54, 1.807) is 0 Å². The van der Waals surface area contributed by atoms with Crippen LogP contribution in [0.4, 0.5) is 0 Å². The molecule has 1 atom stereocenters. The number of ether oxygens (including phenoxy) is 3. The summed E-state index contributed by atoms with van der Waals surface area (Å²) in [5.41, 5.74) is 0. The molecule has 0 saturated carbocycles. The predicted molar refractivity (Wildman–Crippen MR) is 274 cm³/mol. The normalized spacial score (nSPS) is 12.6. The van der Waals surface area contributed by atoms with Crippen molar-refractivity contribution in [3.8, 4) is 0 Å². The molecular formula is C58H100O6. The molecule has 0 N–H and O–H groups in total. The third kappa shape index (κ3) is 49.9. The molecule has 368 valence electrons. The summed E-state index contributed by atoms with van der Waals surface area (Å²) >= 11 is 0. The lowest BCUT2D eigenvalue weighted by atomic mass is 10.1. The van der Waals surface area contributed by atoms with Crippen molar-refractivity contribution in [1.29, 1.82) is 0 Å². The van der Waals surface area contributed by atoms with Gasteiger partial charge in [-0.15, -0.1) is 0 Å². The fourth-order valence-electron chi connectivity index (χ4n) is 7.37. The molecule has 64 heavy (non-hydrogen) atoms. The number of allylic oxidation sites excluding steroid dienone is 12. The Morgan fingerprint density at radius 1 is 0.328 bits per heavy atom. The Labute approximate surface area is 395 Å². The van der Waals surface area contributed by atoms with E-state index in [2.05, 4.69) is 93.7 Å². The number of esters is 3. The van der Waals surface area contributed by atoms with Crippen LogP contribution in [-0.2, 0) is 28.6 Å². The standard InChI is InChI=1S/C58H100O6/c1-4-7-10-13-16-19-22-25-27-29-31-33-36-39-42-45-48-51-57(60)63-54-55(53-62-56(59)50-47-44-41-38-35-24-21-18-15-12-9-6-3)64-58(61)52-49-46-43-40-37-34-32-30-28-26-23-20-17-14-11-8-5-2/h9,12,18,21,25-28,31,33,39,42,55H,4-8,10-11,13-17,19-20,22-24,29-30,32,34-38,40-41,43-54H2,1-3H3/b12-9-,21-18-,27-25-,28-26-,33-31-,42-39-. The molecule has 0 aliphatic carbocycles. The zero-order chi connectivity index (χ0) is 46.5. The zero-order valence-electron chi connectivity index (χ0n) is 42.0. The lowest BCUT2D eigenvalue weighted by molar-refractivity contribution is -0.167. The summed E-state index contributed by atoms with van der Waals surface area (Å²) < 4.78 is 16.8. The first-order valence-corrected chi connectivity index (χ1v) is 26.9. The van der Waals surface area contributed by atoms with Gasteiger partial charge in [0.2, 0.25) is 0 Å². The molecule has 0 aromatic carbocycles. The largest absolute Gasteiger partial charge is 0.462 e. The van der Waals surface area contributed by atoms with E-state index in [1.807, 2.05) is 0 Å². The van der Waals surface area contributed by atoms with Crippen molar-refractivity contribution < 1.29 is 28.6 Å². The van der Waals surface area contributed by atoms with Crippen LogP contribution in [0.25, 0.3) is 0 Å². The minimum absolute atomic E-state index is 0.100. The molecule has 0 aromatic heterocycles. The monoisotopic (exact) mass is 893 g/mol. The number of hydrogen-bond acceptors (Lipinski definition) is 6. The van der Waals surface area contributed by atoms with Gasteiger partial charge in [0.05, 0.1) is 0 Å². The van der Waals surface area contributed by atoms with Crippen molar-refractivity contribution in [2.45, 2.75) is 264 Å². The first-order chi connectivity index (χ1) is 31.5. The molecule has 0 heterocycles. The van der Waals surface area contributed by atoms with Crippen LogP contribution in [0.3, 0.4) is 0 Å². The predicted octanol–water partition coefficient (Wildman–Crippen LogP) is 17.8. The maximum atomic E-state index is 12.8. The van der Waals surface area contributed by atoms with Gasteiger partial charge in [0.25, 0.3) is 0 Å². The third-order valence-corrected chi connectivity index (χ3v) is 11.4. The van der Waals surface area contributed by atoms with E-state index < -0.39 is 6.10 Å². The van der Waals surface area contributed by atoms with Gasteiger partial charge in [-0.1, -0.05) is 209 Å². The van der Waals surface area contributed by atoms with E-state index in [4.69, 9.17) is 14.2 Å². The molecular weight excluding hydrogens is 793 g/mol. The van der Waals surface area contributed by atoms with Crippen LogP contribution in [-0.4, -0.2) is 37.2 Å². The number of unbranched alkanes of at least 4 members (excludes halogenated alkanes) is 25. The maximum absolute atomic E-state index is 12.8. The first kappa shape index (κ1) is 60.9. The summed E-state index contributed by atoms with van der Waals surface area (Å²) in [4.78, 5) is 38.0. The van der Waals surface area contributed by atoms with Gasteiger partial charge in [-0.3, -0.25) is 14.4 Å². The minimum Gasteiger partial charge on any atom is -0.462 e. The molecule has 1 unspecified atom stereocenters. The fraction of sp³-hybridized carbons (Fsp3) is 0.741. The van der Waals surface area contributed by atoms with Gasteiger partial charge in [-0.2, -0.15) is 0 Å². The Morgan fingerprint density at radius 2 is 0.625 bits per heavy atom. The fourth-order valence-corrected chi connectivity index (χ4v) is 7.37. The lowest BCUT2D eigenvalue weighted by Gasteiger charge is -2.18. The summed E-state index contributed by atoms with van der Waals surface area (Å²) in [5.74, 6) is -0.969. The van der Waals surface area contributed by atoms with Crippen molar-refractivity contribution in [2.24, 2.45) is 0 Å². The number of rotatable bonds is 48. The smallest absolute Gasteiger partial charge is 0.306 e. The highest BCUT2D eigenvalue weighted by atomic mass is 16.6. The molecule has 0 aromatic rings. The molecule has 0 saturated heterocycles. The van der Waals surface area contributed by atoms with Crippen LogP contribution >= 0.6 is 0 Å². The Balaban J connectivity index is 4.46. The van der Waals surface area contributed by atoms with Gasteiger partial charge >= 0.3 is 17.9 Å².